The molecule has 1 N–H and O–H groups in total. The number of halogens is 1. The van der Waals surface area contributed by atoms with Crippen LogP contribution in [0.3, 0.4) is 0 Å². The van der Waals surface area contributed by atoms with Gasteiger partial charge in [-0.25, -0.2) is 13.2 Å². The fraction of sp³-hybridized carbons (Fsp3) is 0.222. The molecule has 7 nitrogen and oxygen atoms in total. The minimum Gasteiger partial charge on any atom is -0.497 e. The summed E-state index contributed by atoms with van der Waals surface area (Å²) in [5.41, 5.74) is 0.333. The Labute approximate surface area is 162 Å². The van der Waals surface area contributed by atoms with Crippen LogP contribution in [0.25, 0.3) is 0 Å². The van der Waals surface area contributed by atoms with Crippen LogP contribution < -0.4 is 10.1 Å². The Bertz CT molecular complexity index is 974. The van der Waals surface area contributed by atoms with Crippen molar-refractivity contribution in [3.8, 4) is 5.75 Å². The van der Waals surface area contributed by atoms with Gasteiger partial charge in [0.2, 0.25) is 0 Å². The van der Waals surface area contributed by atoms with Gasteiger partial charge in [0.05, 0.1) is 22.6 Å². The number of rotatable bonds is 6. The maximum atomic E-state index is 12.3. The maximum absolute atomic E-state index is 12.3. The number of esters is 1. The summed E-state index contributed by atoms with van der Waals surface area (Å²) in [6, 6.07) is 10.4. The number of amides is 1. The monoisotopic (exact) mass is 411 g/mol. The molecule has 0 bridgehead atoms. The van der Waals surface area contributed by atoms with E-state index in [0.717, 1.165) is 12.3 Å². The van der Waals surface area contributed by atoms with Crippen LogP contribution in [0.4, 0.5) is 5.69 Å². The molecule has 0 unspecified atom stereocenters. The van der Waals surface area contributed by atoms with Crippen molar-refractivity contribution in [2.75, 3.05) is 18.7 Å². The summed E-state index contributed by atoms with van der Waals surface area (Å²) in [5, 5.41) is 2.62. The Morgan fingerprint density at radius 3 is 2.48 bits per heavy atom. The van der Waals surface area contributed by atoms with Crippen LogP contribution >= 0.6 is 11.6 Å². The molecule has 0 aliphatic rings. The molecule has 144 valence electrons. The van der Waals surface area contributed by atoms with Crippen molar-refractivity contribution in [3.63, 3.8) is 0 Å². The summed E-state index contributed by atoms with van der Waals surface area (Å²) >= 11 is 5.96. The van der Waals surface area contributed by atoms with E-state index >= 15 is 0 Å². The quantitative estimate of drug-likeness (QED) is 0.734. The van der Waals surface area contributed by atoms with Crippen molar-refractivity contribution < 1.29 is 27.5 Å². The lowest BCUT2D eigenvalue weighted by Crippen LogP contribution is -2.30. The van der Waals surface area contributed by atoms with E-state index in [1.165, 1.54) is 26.2 Å². The second-order valence-corrected chi connectivity index (χ2v) is 8.11. The lowest BCUT2D eigenvalue weighted by atomic mass is 10.2. The van der Waals surface area contributed by atoms with Gasteiger partial charge in [0, 0.05) is 18.0 Å². The Hall–Kier alpha value is -2.58. The minimum absolute atomic E-state index is 0.0211. The standard InChI is InChI=1S/C18H18ClNO6S/c1-11(17(21)20-12-5-4-6-13(9-12)25-2)26-18(22)15-10-14(27(3,23)24)7-8-16(15)19/h4-11H,1-3H3,(H,20,21)/t11-/m0/s1. The first-order valence-corrected chi connectivity index (χ1v) is 10.0. The fourth-order valence-corrected chi connectivity index (χ4v) is 2.96. The number of nitrogens with one attached hydrogen (secondary N) is 1. The zero-order valence-electron chi connectivity index (χ0n) is 14.9. The summed E-state index contributed by atoms with van der Waals surface area (Å²) in [7, 11) is -2.03. The van der Waals surface area contributed by atoms with E-state index in [2.05, 4.69) is 5.32 Å². The summed E-state index contributed by atoms with van der Waals surface area (Å²) in [5.74, 6) is -0.910. The summed E-state index contributed by atoms with van der Waals surface area (Å²) < 4.78 is 33.5. The van der Waals surface area contributed by atoms with Gasteiger partial charge in [0.1, 0.15) is 5.75 Å². The molecule has 0 aromatic heterocycles. The highest BCUT2D eigenvalue weighted by Gasteiger charge is 2.22. The van der Waals surface area contributed by atoms with Gasteiger partial charge in [0.25, 0.3) is 5.91 Å². The highest BCUT2D eigenvalue weighted by molar-refractivity contribution is 7.90. The van der Waals surface area contributed by atoms with Crippen molar-refractivity contribution in [2.24, 2.45) is 0 Å². The minimum atomic E-state index is -3.53. The van der Waals surface area contributed by atoms with Crippen LogP contribution in [0.2, 0.25) is 5.02 Å². The third kappa shape index (κ3) is 5.45. The molecule has 0 spiro atoms. The van der Waals surface area contributed by atoms with Crippen LogP contribution in [0, 0.1) is 0 Å². The van der Waals surface area contributed by atoms with Gasteiger partial charge in [-0.1, -0.05) is 17.7 Å². The van der Waals surface area contributed by atoms with Gasteiger partial charge in [-0.3, -0.25) is 4.79 Å². The molecule has 0 heterocycles. The molecule has 0 saturated carbocycles. The molecule has 2 aromatic carbocycles. The van der Waals surface area contributed by atoms with Crippen molar-refractivity contribution in [3.05, 3.63) is 53.1 Å². The normalized spacial score (nSPS) is 12.1. The topological polar surface area (TPSA) is 98.8 Å². The van der Waals surface area contributed by atoms with Gasteiger partial charge in [0.15, 0.2) is 15.9 Å². The lowest BCUT2D eigenvalue weighted by Gasteiger charge is -2.15. The molecule has 9 heteroatoms. The first kappa shape index (κ1) is 20.7. The number of anilines is 1. The highest BCUT2D eigenvalue weighted by Crippen LogP contribution is 2.22. The molecule has 1 atom stereocenters. The molecular formula is C18H18ClNO6S. The highest BCUT2D eigenvalue weighted by atomic mass is 35.5. The number of benzene rings is 2. The van der Waals surface area contributed by atoms with Crippen molar-refractivity contribution in [2.45, 2.75) is 17.9 Å². The number of carbonyl (C=O) groups is 2. The van der Waals surface area contributed by atoms with Crippen molar-refractivity contribution >= 4 is 39.0 Å². The number of carbonyl (C=O) groups excluding carboxylic acids is 2. The van der Waals surface area contributed by atoms with Gasteiger partial charge in [-0.2, -0.15) is 0 Å². The van der Waals surface area contributed by atoms with E-state index in [1.807, 2.05) is 0 Å². The molecule has 27 heavy (non-hydrogen) atoms. The van der Waals surface area contributed by atoms with Crippen molar-refractivity contribution in [1.82, 2.24) is 0 Å². The Morgan fingerprint density at radius 2 is 1.85 bits per heavy atom. The second-order valence-electron chi connectivity index (χ2n) is 5.68. The van der Waals surface area contributed by atoms with Crippen LogP contribution in [0.15, 0.2) is 47.4 Å². The van der Waals surface area contributed by atoms with Crippen LogP contribution in [0.5, 0.6) is 5.75 Å². The van der Waals surface area contributed by atoms with Gasteiger partial charge >= 0.3 is 5.97 Å². The molecule has 2 aromatic rings. The Morgan fingerprint density at radius 1 is 1.15 bits per heavy atom. The number of hydrogen-bond acceptors (Lipinski definition) is 6. The number of methoxy groups -OCH3 is 1. The van der Waals surface area contributed by atoms with Gasteiger partial charge in [-0.15, -0.1) is 0 Å². The SMILES string of the molecule is COc1cccc(NC(=O)[C@H](C)OC(=O)c2cc(S(C)(=O)=O)ccc2Cl)c1. The Kier molecular flexibility index (Phi) is 6.45. The predicted molar refractivity (Wildman–Crippen MR) is 101 cm³/mol. The van der Waals surface area contributed by atoms with E-state index in [9.17, 15) is 18.0 Å². The van der Waals surface area contributed by atoms with Crippen LogP contribution in [-0.2, 0) is 19.4 Å². The summed E-state index contributed by atoms with van der Waals surface area (Å²) in [6.07, 6.45) is -0.128. The number of hydrogen-bond donors (Lipinski definition) is 1. The van der Waals surface area contributed by atoms with E-state index in [0.29, 0.717) is 11.4 Å². The average molecular weight is 412 g/mol. The third-order valence-corrected chi connectivity index (χ3v) is 5.02. The van der Waals surface area contributed by atoms with E-state index < -0.39 is 27.8 Å². The van der Waals surface area contributed by atoms with E-state index in [4.69, 9.17) is 21.1 Å². The molecule has 0 radical (unpaired) electrons. The second kappa shape index (κ2) is 8.41. The fourth-order valence-electron chi connectivity index (χ4n) is 2.11. The molecule has 1 amide bonds. The summed E-state index contributed by atoms with van der Waals surface area (Å²) in [6.45, 7) is 1.39. The largest absolute Gasteiger partial charge is 0.497 e. The van der Waals surface area contributed by atoms with Gasteiger partial charge < -0.3 is 14.8 Å². The van der Waals surface area contributed by atoms with Crippen LogP contribution in [0.1, 0.15) is 17.3 Å². The smallest absolute Gasteiger partial charge is 0.340 e. The van der Waals surface area contributed by atoms with E-state index in [-0.39, 0.29) is 15.5 Å². The maximum Gasteiger partial charge on any atom is 0.340 e. The summed E-state index contributed by atoms with van der Waals surface area (Å²) in [4.78, 5) is 24.5. The predicted octanol–water partition coefficient (Wildman–Crippen LogP) is 2.94. The number of ether oxygens (including phenoxy) is 2. The van der Waals surface area contributed by atoms with Crippen LogP contribution in [-0.4, -0.2) is 39.8 Å². The van der Waals surface area contributed by atoms with Crippen molar-refractivity contribution in [1.29, 1.82) is 0 Å². The molecule has 0 aliphatic carbocycles. The van der Waals surface area contributed by atoms with E-state index in [1.54, 1.807) is 24.3 Å². The first-order valence-electron chi connectivity index (χ1n) is 7.77. The number of sulfone groups is 1. The lowest BCUT2D eigenvalue weighted by molar-refractivity contribution is -0.123. The zero-order valence-corrected chi connectivity index (χ0v) is 16.4. The Balaban J connectivity index is 2.11. The molecular weight excluding hydrogens is 394 g/mol. The van der Waals surface area contributed by atoms with Gasteiger partial charge in [-0.05, 0) is 37.3 Å². The molecule has 0 saturated heterocycles. The average Bonchev–Trinajstić information content (AvgIpc) is 2.61. The molecule has 0 fully saturated rings. The third-order valence-electron chi connectivity index (χ3n) is 3.58. The molecule has 0 aliphatic heterocycles. The zero-order chi connectivity index (χ0) is 20.2. The first-order chi connectivity index (χ1) is 12.6. The molecule has 2 rings (SSSR count).